The first kappa shape index (κ1) is 24.4. The second-order valence-corrected chi connectivity index (χ2v) is 9.08. The van der Waals surface area contributed by atoms with E-state index in [1.807, 2.05) is 22.8 Å². The molecule has 0 amide bonds. The normalized spacial score (nSPS) is 16.4. The van der Waals surface area contributed by atoms with E-state index in [9.17, 15) is 9.18 Å². The van der Waals surface area contributed by atoms with Gasteiger partial charge in [-0.1, -0.05) is 54.5 Å². The molecule has 0 unspecified atom stereocenters. The van der Waals surface area contributed by atoms with Crippen molar-refractivity contribution >= 4 is 18.0 Å². The van der Waals surface area contributed by atoms with E-state index in [1.165, 1.54) is 35.3 Å². The molecule has 2 aliphatic rings. The van der Waals surface area contributed by atoms with Crippen molar-refractivity contribution in [3.05, 3.63) is 93.4 Å². The lowest BCUT2D eigenvalue weighted by molar-refractivity contribution is 0.241. The van der Waals surface area contributed by atoms with Crippen LogP contribution in [0.15, 0.2) is 65.0 Å². The SMILES string of the molecule is Cl.O=c1n(CCN2CCC(=C(c3ccccc3)c3ccc(F)cc3)CC2)nc2n1CCCCC2. The molecule has 7 heteroatoms. The summed E-state index contributed by atoms with van der Waals surface area (Å²) in [6.45, 7) is 4.18. The molecule has 0 radical (unpaired) electrons. The van der Waals surface area contributed by atoms with Crippen molar-refractivity contribution in [1.82, 2.24) is 19.2 Å². The quantitative estimate of drug-likeness (QED) is 0.518. The van der Waals surface area contributed by atoms with Crippen LogP contribution in [0.25, 0.3) is 5.57 Å². The molecule has 3 aromatic rings. The number of rotatable bonds is 5. The van der Waals surface area contributed by atoms with Gasteiger partial charge in [0.15, 0.2) is 0 Å². The zero-order valence-electron chi connectivity index (χ0n) is 19.5. The molecule has 5 rings (SSSR count). The topological polar surface area (TPSA) is 43.1 Å². The van der Waals surface area contributed by atoms with E-state index in [2.05, 4.69) is 34.3 Å². The molecule has 180 valence electrons. The van der Waals surface area contributed by atoms with Gasteiger partial charge < -0.3 is 4.90 Å². The molecule has 0 saturated carbocycles. The van der Waals surface area contributed by atoms with Gasteiger partial charge >= 0.3 is 5.69 Å². The number of aryl methyl sites for hydroxylation is 1. The van der Waals surface area contributed by atoms with Crippen LogP contribution in [0.3, 0.4) is 0 Å². The van der Waals surface area contributed by atoms with E-state index < -0.39 is 0 Å². The maximum absolute atomic E-state index is 13.5. The van der Waals surface area contributed by atoms with Crippen molar-refractivity contribution in [2.45, 2.75) is 51.6 Å². The highest BCUT2D eigenvalue weighted by Crippen LogP contribution is 2.32. The van der Waals surface area contributed by atoms with Gasteiger partial charge in [0, 0.05) is 32.6 Å². The third kappa shape index (κ3) is 5.34. The molecule has 5 nitrogen and oxygen atoms in total. The Bertz CT molecular complexity index is 1170. The van der Waals surface area contributed by atoms with Gasteiger partial charge in [0.1, 0.15) is 11.6 Å². The Morgan fingerprint density at radius 3 is 2.26 bits per heavy atom. The molecule has 0 N–H and O–H groups in total. The summed E-state index contributed by atoms with van der Waals surface area (Å²) in [5.41, 5.74) is 4.93. The van der Waals surface area contributed by atoms with Crippen LogP contribution in [0, 0.1) is 5.82 Å². The first-order valence-electron chi connectivity index (χ1n) is 12.1. The molecule has 0 atom stereocenters. The van der Waals surface area contributed by atoms with Crippen molar-refractivity contribution in [3.63, 3.8) is 0 Å². The Morgan fingerprint density at radius 1 is 0.824 bits per heavy atom. The molecule has 2 aliphatic heterocycles. The number of hydrogen-bond donors (Lipinski definition) is 0. The summed E-state index contributed by atoms with van der Waals surface area (Å²) in [4.78, 5) is 15.2. The lowest BCUT2D eigenvalue weighted by atomic mass is 9.88. The number of likely N-dealkylation sites (tertiary alicyclic amines) is 1. The van der Waals surface area contributed by atoms with Gasteiger partial charge in [0.25, 0.3) is 0 Å². The Hall–Kier alpha value is -2.70. The van der Waals surface area contributed by atoms with Gasteiger partial charge in [-0.15, -0.1) is 12.4 Å². The summed E-state index contributed by atoms with van der Waals surface area (Å²) in [5, 5.41) is 4.62. The van der Waals surface area contributed by atoms with Gasteiger partial charge in [-0.2, -0.15) is 5.10 Å². The van der Waals surface area contributed by atoms with E-state index >= 15 is 0 Å². The first-order valence-corrected chi connectivity index (χ1v) is 12.1. The van der Waals surface area contributed by atoms with Crippen molar-refractivity contribution in [2.75, 3.05) is 19.6 Å². The van der Waals surface area contributed by atoms with Crippen LogP contribution in [0.1, 0.15) is 49.1 Å². The summed E-state index contributed by atoms with van der Waals surface area (Å²) < 4.78 is 17.1. The lowest BCUT2D eigenvalue weighted by Gasteiger charge is -2.30. The van der Waals surface area contributed by atoms with Gasteiger partial charge in [0.05, 0.1) is 6.54 Å². The van der Waals surface area contributed by atoms with E-state index in [-0.39, 0.29) is 23.9 Å². The predicted molar refractivity (Wildman–Crippen MR) is 136 cm³/mol. The molecular weight excluding hydrogens is 451 g/mol. The van der Waals surface area contributed by atoms with Gasteiger partial charge in [-0.3, -0.25) is 4.57 Å². The van der Waals surface area contributed by atoms with Crippen LogP contribution in [0.5, 0.6) is 0 Å². The number of fused-ring (bicyclic) bond motifs is 1. The Balaban J connectivity index is 0.00000274. The molecule has 3 heterocycles. The zero-order valence-corrected chi connectivity index (χ0v) is 20.3. The minimum atomic E-state index is -0.210. The summed E-state index contributed by atoms with van der Waals surface area (Å²) in [6.07, 6.45) is 6.21. The Labute approximate surface area is 206 Å². The molecule has 2 aromatic carbocycles. The fourth-order valence-corrected chi connectivity index (χ4v) is 5.10. The average molecular weight is 483 g/mol. The third-order valence-corrected chi connectivity index (χ3v) is 6.92. The fraction of sp³-hybridized carbons (Fsp3) is 0.407. The smallest absolute Gasteiger partial charge is 0.301 e. The van der Waals surface area contributed by atoms with E-state index in [0.717, 1.165) is 69.7 Å². The van der Waals surface area contributed by atoms with Crippen molar-refractivity contribution < 1.29 is 4.39 Å². The van der Waals surface area contributed by atoms with Gasteiger partial charge in [-0.25, -0.2) is 13.9 Å². The summed E-state index contributed by atoms with van der Waals surface area (Å²) in [7, 11) is 0. The first-order chi connectivity index (χ1) is 16.2. The van der Waals surface area contributed by atoms with Crippen LogP contribution in [-0.2, 0) is 19.5 Å². The molecule has 1 fully saturated rings. The summed E-state index contributed by atoms with van der Waals surface area (Å²) >= 11 is 0. The van der Waals surface area contributed by atoms with Crippen molar-refractivity contribution in [1.29, 1.82) is 0 Å². The molecule has 1 saturated heterocycles. The molecule has 0 spiro atoms. The number of benzene rings is 2. The highest BCUT2D eigenvalue weighted by molar-refractivity contribution is 5.85. The molecule has 0 aliphatic carbocycles. The van der Waals surface area contributed by atoms with E-state index in [0.29, 0.717) is 6.54 Å². The number of aromatic nitrogens is 3. The molecule has 0 bridgehead atoms. The molecule has 1 aromatic heterocycles. The number of hydrogen-bond acceptors (Lipinski definition) is 3. The van der Waals surface area contributed by atoms with Crippen LogP contribution >= 0.6 is 12.4 Å². The van der Waals surface area contributed by atoms with Gasteiger partial charge in [0.2, 0.25) is 0 Å². The number of halogens is 2. The standard InChI is InChI=1S/C27H31FN4O.ClH/c28-24-12-10-22(11-13-24)26(21-7-3-1-4-8-21)23-14-17-30(18-15-23)19-20-32-27(33)31-16-6-2-5-9-25(31)29-32;/h1,3-4,7-8,10-13H,2,5-6,9,14-20H2;1H. The second kappa shape index (κ2) is 11.2. The minimum Gasteiger partial charge on any atom is -0.301 e. The zero-order chi connectivity index (χ0) is 22.6. The van der Waals surface area contributed by atoms with Crippen molar-refractivity contribution in [2.24, 2.45) is 0 Å². The van der Waals surface area contributed by atoms with Crippen molar-refractivity contribution in [3.8, 4) is 0 Å². The Morgan fingerprint density at radius 2 is 1.53 bits per heavy atom. The minimum absolute atomic E-state index is 0. The monoisotopic (exact) mass is 482 g/mol. The van der Waals surface area contributed by atoms with Crippen LogP contribution in [0.4, 0.5) is 4.39 Å². The van der Waals surface area contributed by atoms with Crippen LogP contribution in [0.2, 0.25) is 0 Å². The highest BCUT2D eigenvalue weighted by Gasteiger charge is 2.20. The Kier molecular flexibility index (Phi) is 8.01. The maximum atomic E-state index is 13.5. The van der Waals surface area contributed by atoms with E-state index in [4.69, 9.17) is 0 Å². The van der Waals surface area contributed by atoms with Crippen LogP contribution < -0.4 is 5.69 Å². The second-order valence-electron chi connectivity index (χ2n) is 9.08. The summed E-state index contributed by atoms with van der Waals surface area (Å²) in [5.74, 6) is 0.742. The lowest BCUT2D eigenvalue weighted by Crippen LogP contribution is -2.36. The largest absolute Gasteiger partial charge is 0.345 e. The molecular formula is C27H32ClFN4O. The fourth-order valence-electron chi connectivity index (χ4n) is 5.10. The maximum Gasteiger partial charge on any atom is 0.345 e. The van der Waals surface area contributed by atoms with Crippen LogP contribution in [-0.4, -0.2) is 38.9 Å². The number of piperidine rings is 1. The third-order valence-electron chi connectivity index (χ3n) is 6.92. The summed E-state index contributed by atoms with van der Waals surface area (Å²) in [6, 6.07) is 17.2. The number of nitrogens with zero attached hydrogens (tertiary/aromatic N) is 4. The van der Waals surface area contributed by atoms with Gasteiger partial charge in [-0.05, 0) is 54.5 Å². The average Bonchev–Trinajstić information content (AvgIpc) is 3.00. The molecule has 34 heavy (non-hydrogen) atoms. The predicted octanol–water partition coefficient (Wildman–Crippen LogP) is 4.93. The van der Waals surface area contributed by atoms with E-state index in [1.54, 1.807) is 4.68 Å². The highest BCUT2D eigenvalue weighted by atomic mass is 35.5.